The number of nitrogens with one attached hydrogen (secondary N) is 2. The van der Waals surface area contributed by atoms with Crippen molar-refractivity contribution >= 4 is 29.1 Å². The first-order valence-corrected chi connectivity index (χ1v) is 6.79. The number of nitrogens with zero attached hydrogens (tertiary/aromatic N) is 2. The van der Waals surface area contributed by atoms with Crippen molar-refractivity contribution in [1.82, 2.24) is 15.1 Å². The van der Waals surface area contributed by atoms with Gasteiger partial charge in [-0.2, -0.15) is 0 Å². The van der Waals surface area contributed by atoms with Crippen LogP contribution in [0.4, 0.5) is 5.69 Å². The number of carbonyl (C=O) groups excluding carboxylic acids is 2. The average Bonchev–Trinajstić information content (AvgIpc) is 2.88. The Balaban J connectivity index is 1.93. The summed E-state index contributed by atoms with van der Waals surface area (Å²) in [4.78, 5) is 23.8. The Morgan fingerprint density at radius 2 is 2.09 bits per heavy atom. The lowest BCUT2D eigenvalue weighted by Gasteiger charge is -2.08. The number of benzene rings is 1. The van der Waals surface area contributed by atoms with E-state index in [9.17, 15) is 9.59 Å². The lowest BCUT2D eigenvalue weighted by atomic mass is 10.3. The number of carbonyl (C=O) groups is 2. The van der Waals surface area contributed by atoms with Crippen LogP contribution < -0.4 is 15.4 Å². The second-order valence-corrected chi connectivity index (χ2v) is 4.84. The average molecular weight is 323 g/mol. The Kier molecular flexibility index (Phi) is 5.00. The molecule has 8 heteroatoms. The van der Waals surface area contributed by atoms with Gasteiger partial charge in [-0.3, -0.25) is 14.3 Å². The van der Waals surface area contributed by atoms with Gasteiger partial charge in [-0.25, -0.2) is 0 Å². The number of aryl methyl sites for hydroxylation is 1. The van der Waals surface area contributed by atoms with Gasteiger partial charge in [-0.1, -0.05) is 23.7 Å². The van der Waals surface area contributed by atoms with Crippen molar-refractivity contribution in [3.05, 3.63) is 41.0 Å². The Labute approximate surface area is 132 Å². The smallest absolute Gasteiger partial charge is 0.258 e. The van der Waals surface area contributed by atoms with Crippen molar-refractivity contribution in [2.75, 3.05) is 19.0 Å². The Bertz CT molecular complexity index is 699. The van der Waals surface area contributed by atoms with E-state index in [1.54, 1.807) is 31.3 Å². The zero-order valence-corrected chi connectivity index (χ0v) is 12.8. The number of ether oxygens (including phenoxy) is 1. The van der Waals surface area contributed by atoms with Gasteiger partial charge in [0.2, 0.25) is 11.8 Å². The summed E-state index contributed by atoms with van der Waals surface area (Å²) in [7, 11) is 3.09. The molecule has 0 saturated carbocycles. The molecule has 0 fully saturated rings. The molecule has 0 aliphatic rings. The van der Waals surface area contributed by atoms with Crippen LogP contribution in [0, 0.1) is 0 Å². The maximum Gasteiger partial charge on any atom is 0.258 e. The molecular weight excluding hydrogens is 308 g/mol. The molecule has 22 heavy (non-hydrogen) atoms. The number of anilines is 1. The van der Waals surface area contributed by atoms with Crippen LogP contribution in [0.5, 0.6) is 5.88 Å². The number of para-hydroxylation sites is 1. The third kappa shape index (κ3) is 3.76. The van der Waals surface area contributed by atoms with E-state index in [-0.39, 0.29) is 23.9 Å². The van der Waals surface area contributed by atoms with Gasteiger partial charge in [-0.05, 0) is 12.1 Å². The van der Waals surface area contributed by atoms with E-state index < -0.39 is 5.91 Å². The van der Waals surface area contributed by atoms with E-state index >= 15 is 0 Å². The molecule has 2 amide bonds. The van der Waals surface area contributed by atoms with E-state index in [0.717, 1.165) is 0 Å². The van der Waals surface area contributed by atoms with E-state index in [4.69, 9.17) is 16.3 Å². The first-order valence-electron chi connectivity index (χ1n) is 6.41. The summed E-state index contributed by atoms with van der Waals surface area (Å²) in [5, 5.41) is 9.51. The quantitative estimate of drug-likeness (QED) is 0.872. The highest BCUT2D eigenvalue weighted by atomic mass is 35.5. The van der Waals surface area contributed by atoms with Crippen LogP contribution >= 0.6 is 11.6 Å². The standard InChI is InChI=1S/C14H15ClN4O3/c1-19-8-9(14(18-19)22-2)13(21)16-7-12(20)17-11-6-4-3-5-10(11)15/h3-6,8H,7H2,1-2H3,(H,16,21)(H,17,20). The Morgan fingerprint density at radius 3 is 2.77 bits per heavy atom. The van der Waals surface area contributed by atoms with Gasteiger partial charge in [0.1, 0.15) is 5.56 Å². The van der Waals surface area contributed by atoms with Gasteiger partial charge in [0.25, 0.3) is 5.91 Å². The largest absolute Gasteiger partial charge is 0.479 e. The van der Waals surface area contributed by atoms with Crippen LogP contribution in [0.1, 0.15) is 10.4 Å². The van der Waals surface area contributed by atoms with Crippen LogP contribution in [0.25, 0.3) is 0 Å². The molecule has 0 saturated heterocycles. The van der Waals surface area contributed by atoms with E-state index in [1.165, 1.54) is 18.0 Å². The molecule has 1 aromatic carbocycles. The monoisotopic (exact) mass is 322 g/mol. The fraction of sp³-hybridized carbons (Fsp3) is 0.214. The second-order valence-electron chi connectivity index (χ2n) is 4.44. The van der Waals surface area contributed by atoms with E-state index in [2.05, 4.69) is 15.7 Å². The van der Waals surface area contributed by atoms with E-state index in [1.807, 2.05) is 0 Å². The summed E-state index contributed by atoms with van der Waals surface area (Å²) in [6, 6.07) is 6.84. The molecule has 1 aromatic heterocycles. The van der Waals surface area contributed by atoms with Crippen molar-refractivity contribution in [3.8, 4) is 5.88 Å². The van der Waals surface area contributed by atoms with Crippen LogP contribution in [0.3, 0.4) is 0 Å². The molecule has 0 bridgehead atoms. The van der Waals surface area contributed by atoms with Crippen LogP contribution in [-0.4, -0.2) is 35.2 Å². The molecule has 0 aliphatic heterocycles. The predicted octanol–water partition coefficient (Wildman–Crippen LogP) is 1.45. The molecule has 2 N–H and O–H groups in total. The molecule has 0 aliphatic carbocycles. The van der Waals surface area contributed by atoms with Gasteiger partial charge < -0.3 is 15.4 Å². The second kappa shape index (κ2) is 6.95. The molecule has 1 heterocycles. The minimum Gasteiger partial charge on any atom is -0.479 e. The summed E-state index contributed by atoms with van der Waals surface area (Å²) in [5.41, 5.74) is 0.748. The summed E-state index contributed by atoms with van der Waals surface area (Å²) < 4.78 is 6.45. The summed E-state index contributed by atoms with van der Waals surface area (Å²) in [6.45, 7) is -0.192. The highest BCUT2D eigenvalue weighted by Crippen LogP contribution is 2.20. The van der Waals surface area contributed by atoms with Crippen LogP contribution in [0.2, 0.25) is 5.02 Å². The van der Waals surface area contributed by atoms with Gasteiger partial charge in [-0.15, -0.1) is 5.10 Å². The molecule has 116 valence electrons. The number of hydrogen-bond donors (Lipinski definition) is 2. The highest BCUT2D eigenvalue weighted by Gasteiger charge is 2.17. The Hall–Kier alpha value is -2.54. The van der Waals surface area contributed by atoms with Gasteiger partial charge in [0.05, 0.1) is 24.4 Å². The number of rotatable bonds is 5. The van der Waals surface area contributed by atoms with Crippen molar-refractivity contribution in [1.29, 1.82) is 0 Å². The molecule has 0 radical (unpaired) electrons. The SMILES string of the molecule is COc1nn(C)cc1C(=O)NCC(=O)Nc1ccccc1Cl. The summed E-state index contributed by atoms with van der Waals surface area (Å²) >= 11 is 5.94. The van der Waals surface area contributed by atoms with Crippen molar-refractivity contribution in [2.24, 2.45) is 7.05 Å². The third-order valence-corrected chi connectivity index (χ3v) is 3.12. The molecule has 0 atom stereocenters. The fourth-order valence-electron chi connectivity index (χ4n) is 1.79. The number of halogens is 1. The topological polar surface area (TPSA) is 85.2 Å². The number of amides is 2. The minimum absolute atomic E-state index is 0.192. The Morgan fingerprint density at radius 1 is 1.36 bits per heavy atom. The van der Waals surface area contributed by atoms with Crippen molar-refractivity contribution < 1.29 is 14.3 Å². The number of methoxy groups -OCH3 is 1. The van der Waals surface area contributed by atoms with E-state index in [0.29, 0.717) is 10.7 Å². The highest BCUT2D eigenvalue weighted by molar-refractivity contribution is 6.33. The molecule has 2 rings (SSSR count). The molecular formula is C14H15ClN4O3. The zero-order valence-electron chi connectivity index (χ0n) is 12.1. The molecule has 0 unspecified atom stereocenters. The maximum absolute atomic E-state index is 12.0. The molecule has 0 spiro atoms. The number of hydrogen-bond acceptors (Lipinski definition) is 4. The minimum atomic E-state index is -0.445. The maximum atomic E-state index is 12.0. The lowest BCUT2D eigenvalue weighted by Crippen LogP contribution is -2.32. The molecule has 7 nitrogen and oxygen atoms in total. The lowest BCUT2D eigenvalue weighted by molar-refractivity contribution is -0.115. The van der Waals surface area contributed by atoms with Crippen LogP contribution in [-0.2, 0) is 11.8 Å². The van der Waals surface area contributed by atoms with Crippen molar-refractivity contribution in [2.45, 2.75) is 0 Å². The van der Waals surface area contributed by atoms with Crippen molar-refractivity contribution in [3.63, 3.8) is 0 Å². The first kappa shape index (κ1) is 15.8. The van der Waals surface area contributed by atoms with Gasteiger partial charge in [0.15, 0.2) is 0 Å². The zero-order chi connectivity index (χ0) is 16.1. The first-order chi connectivity index (χ1) is 10.5. The summed E-state index contributed by atoms with van der Waals surface area (Å²) in [5.74, 6) is -0.630. The summed E-state index contributed by atoms with van der Waals surface area (Å²) in [6.07, 6.45) is 1.51. The van der Waals surface area contributed by atoms with Crippen LogP contribution in [0.15, 0.2) is 30.5 Å². The fourth-order valence-corrected chi connectivity index (χ4v) is 1.97. The predicted molar refractivity (Wildman–Crippen MR) is 82.2 cm³/mol. The normalized spacial score (nSPS) is 10.1. The third-order valence-electron chi connectivity index (χ3n) is 2.79. The molecule has 2 aromatic rings. The van der Waals surface area contributed by atoms with Gasteiger partial charge in [0, 0.05) is 13.2 Å². The van der Waals surface area contributed by atoms with Gasteiger partial charge >= 0.3 is 0 Å². The number of aromatic nitrogens is 2.